The van der Waals surface area contributed by atoms with Crippen LogP contribution in [0.3, 0.4) is 0 Å². The van der Waals surface area contributed by atoms with Crippen LogP contribution in [0.1, 0.15) is 0 Å². The molecule has 0 nitrogen and oxygen atoms in total. The highest BCUT2D eigenvalue weighted by Crippen LogP contribution is 2.47. The van der Waals surface area contributed by atoms with E-state index in [4.69, 9.17) is 0 Å². The van der Waals surface area contributed by atoms with E-state index in [2.05, 4.69) is 231 Å². The van der Waals surface area contributed by atoms with Crippen LogP contribution in [0.5, 0.6) is 0 Å². The smallest absolute Gasteiger partial charge is 0.00201 e. The highest BCUT2D eigenvalue weighted by molar-refractivity contribution is 6.24. The first-order valence-electron chi connectivity index (χ1n) is 20.8. The molecule has 0 aliphatic rings. The molecule has 12 aromatic carbocycles. The maximum absolute atomic E-state index is 2.38. The minimum Gasteiger partial charge on any atom is -0.0616 e. The van der Waals surface area contributed by atoms with E-state index in [0.717, 1.165) is 0 Å². The summed E-state index contributed by atoms with van der Waals surface area (Å²) in [6.07, 6.45) is 0. The number of hydrogen-bond donors (Lipinski definition) is 0. The van der Waals surface area contributed by atoms with Crippen molar-refractivity contribution < 1.29 is 0 Å². The van der Waals surface area contributed by atoms with Crippen LogP contribution in [0.4, 0.5) is 0 Å². The Hall–Kier alpha value is -7.80. The Bertz CT molecular complexity index is 3600. The van der Waals surface area contributed by atoms with Crippen molar-refractivity contribution in [2.75, 3.05) is 0 Å². The van der Waals surface area contributed by atoms with E-state index in [1.807, 2.05) is 0 Å². The van der Waals surface area contributed by atoms with Crippen LogP contribution in [-0.4, -0.2) is 0 Å². The van der Waals surface area contributed by atoms with Gasteiger partial charge in [-0.15, -0.1) is 0 Å². The Morgan fingerprint density at radius 3 is 1.07 bits per heavy atom. The normalized spacial score (nSPS) is 11.7. The van der Waals surface area contributed by atoms with Crippen LogP contribution in [0, 0.1) is 0 Å². The Morgan fingerprint density at radius 1 is 0.167 bits per heavy atom. The van der Waals surface area contributed by atoms with Crippen molar-refractivity contribution in [1.82, 2.24) is 0 Å². The lowest BCUT2D eigenvalue weighted by Crippen LogP contribution is -1.93. The number of hydrogen-bond acceptors (Lipinski definition) is 0. The summed E-state index contributed by atoms with van der Waals surface area (Å²) < 4.78 is 0. The molecule has 0 heteroatoms. The topological polar surface area (TPSA) is 0 Å². The van der Waals surface area contributed by atoms with Gasteiger partial charge in [0.15, 0.2) is 0 Å². The quantitative estimate of drug-likeness (QED) is 0.153. The molecule has 0 saturated heterocycles. The second-order valence-electron chi connectivity index (χ2n) is 16.0. The van der Waals surface area contributed by atoms with Crippen molar-refractivity contribution in [2.24, 2.45) is 0 Å². The highest BCUT2D eigenvalue weighted by Gasteiger charge is 2.19. The van der Waals surface area contributed by atoms with Crippen LogP contribution in [0.2, 0.25) is 0 Å². The summed E-state index contributed by atoms with van der Waals surface area (Å²) in [7, 11) is 0. The van der Waals surface area contributed by atoms with Crippen LogP contribution in [0.25, 0.3) is 120 Å². The zero-order valence-electron chi connectivity index (χ0n) is 32.9. The van der Waals surface area contributed by atoms with Crippen LogP contribution < -0.4 is 0 Å². The van der Waals surface area contributed by atoms with Crippen molar-refractivity contribution >= 4 is 64.6 Å². The van der Waals surface area contributed by atoms with E-state index in [9.17, 15) is 0 Å². The molecule has 0 N–H and O–H groups in total. The second-order valence-corrected chi connectivity index (χ2v) is 16.0. The first kappa shape index (κ1) is 34.3. The molecule has 0 spiro atoms. The van der Waals surface area contributed by atoms with Crippen LogP contribution in [0.15, 0.2) is 231 Å². The van der Waals surface area contributed by atoms with Gasteiger partial charge in [0, 0.05) is 0 Å². The third kappa shape index (κ3) is 5.69. The van der Waals surface area contributed by atoms with Crippen molar-refractivity contribution in [3.8, 4) is 55.6 Å². The lowest BCUT2D eigenvalue weighted by molar-refractivity contribution is 1.62. The zero-order chi connectivity index (χ0) is 39.6. The van der Waals surface area contributed by atoms with Gasteiger partial charge in [-0.05, 0) is 151 Å². The summed E-state index contributed by atoms with van der Waals surface area (Å²) >= 11 is 0. The van der Waals surface area contributed by atoms with Crippen molar-refractivity contribution in [3.63, 3.8) is 0 Å². The van der Waals surface area contributed by atoms with Gasteiger partial charge in [-0.25, -0.2) is 0 Å². The van der Waals surface area contributed by atoms with Crippen LogP contribution >= 0.6 is 0 Å². The molecule has 0 aromatic heterocycles. The minimum absolute atomic E-state index is 1.21. The van der Waals surface area contributed by atoms with Crippen molar-refractivity contribution in [1.29, 1.82) is 0 Å². The zero-order valence-corrected chi connectivity index (χ0v) is 32.9. The Kier molecular flexibility index (Phi) is 7.96. The van der Waals surface area contributed by atoms with Gasteiger partial charge in [-0.2, -0.15) is 0 Å². The van der Waals surface area contributed by atoms with Crippen molar-refractivity contribution in [3.05, 3.63) is 231 Å². The summed E-state index contributed by atoms with van der Waals surface area (Å²) in [4.78, 5) is 0. The van der Waals surface area contributed by atoms with E-state index in [1.54, 1.807) is 0 Å². The Morgan fingerprint density at radius 2 is 0.517 bits per heavy atom. The van der Waals surface area contributed by atoms with E-state index < -0.39 is 0 Å². The van der Waals surface area contributed by atoms with Crippen molar-refractivity contribution in [2.45, 2.75) is 0 Å². The van der Waals surface area contributed by atoms with E-state index in [1.165, 1.54) is 120 Å². The largest absolute Gasteiger partial charge is 0.0616 e. The SMILES string of the molecule is c1cc(-c2ccc3cc(-c4ccc5ccccc5c4)ccc3c2)cc(-c2c3ccccc3c(-c3ccc(-c4ccc5ccccc5c4)c4ccccc34)c3ccccc23)c1. The van der Waals surface area contributed by atoms with Gasteiger partial charge in [-0.3, -0.25) is 0 Å². The molecule has 60 heavy (non-hydrogen) atoms. The Labute approximate surface area is 349 Å². The molecule has 0 aliphatic heterocycles. The number of rotatable bonds is 5. The molecule has 0 atom stereocenters. The van der Waals surface area contributed by atoms with Gasteiger partial charge in [0.2, 0.25) is 0 Å². The lowest BCUT2D eigenvalue weighted by Gasteiger charge is -2.20. The fourth-order valence-electron chi connectivity index (χ4n) is 9.68. The molecule has 0 radical (unpaired) electrons. The molecule has 278 valence electrons. The molecule has 0 aliphatic carbocycles. The summed E-state index contributed by atoms with van der Waals surface area (Å²) in [6, 6.07) is 85.2. The third-order valence-corrected chi connectivity index (χ3v) is 12.6. The molecule has 12 aromatic rings. The van der Waals surface area contributed by atoms with Crippen LogP contribution in [-0.2, 0) is 0 Å². The van der Waals surface area contributed by atoms with Gasteiger partial charge in [0.25, 0.3) is 0 Å². The second kappa shape index (κ2) is 13.9. The summed E-state index contributed by atoms with van der Waals surface area (Å²) in [5.41, 5.74) is 12.4. The molecule has 12 rings (SSSR count). The van der Waals surface area contributed by atoms with Gasteiger partial charge in [-0.1, -0.05) is 200 Å². The number of fused-ring (bicyclic) bond motifs is 6. The molecule has 0 unspecified atom stereocenters. The number of benzene rings is 12. The monoisotopic (exact) mass is 758 g/mol. The molecule has 0 fully saturated rings. The summed E-state index contributed by atoms with van der Waals surface area (Å²) in [6.45, 7) is 0. The fraction of sp³-hybridized carbons (Fsp3) is 0. The first-order valence-corrected chi connectivity index (χ1v) is 20.8. The lowest BCUT2D eigenvalue weighted by atomic mass is 9.83. The van der Waals surface area contributed by atoms with E-state index in [0.29, 0.717) is 0 Å². The van der Waals surface area contributed by atoms with E-state index >= 15 is 0 Å². The van der Waals surface area contributed by atoms with Gasteiger partial charge < -0.3 is 0 Å². The summed E-state index contributed by atoms with van der Waals surface area (Å²) in [5, 5.41) is 15.1. The van der Waals surface area contributed by atoms with Gasteiger partial charge in [0.1, 0.15) is 0 Å². The maximum atomic E-state index is 2.38. The molecular formula is C60H38. The standard InChI is InChI=1S/C60H38/c1-3-14-41-34-45(26-24-39(41)12-1)47-30-29-46-35-44(27-28-48(46)36-47)43-16-11-17-50(38-43)59-54-20-7-9-22-56(54)60(57-23-10-8-21-55(57)59)58-33-32-51(52-18-5-6-19-53(52)58)49-31-25-40-13-2-4-15-42(40)37-49/h1-38H. The first-order chi connectivity index (χ1) is 29.7. The minimum atomic E-state index is 1.21. The molecular weight excluding hydrogens is 721 g/mol. The Balaban J connectivity index is 0.980. The fourth-order valence-corrected chi connectivity index (χ4v) is 9.68. The highest BCUT2D eigenvalue weighted by atomic mass is 14.2. The predicted molar refractivity (Wildman–Crippen MR) is 259 cm³/mol. The molecule has 0 heterocycles. The predicted octanol–water partition coefficient (Wildman–Crippen LogP) is 16.9. The average molecular weight is 759 g/mol. The molecule has 0 amide bonds. The molecule has 0 saturated carbocycles. The molecule has 0 bridgehead atoms. The van der Waals surface area contributed by atoms with Gasteiger partial charge >= 0.3 is 0 Å². The third-order valence-electron chi connectivity index (χ3n) is 12.6. The van der Waals surface area contributed by atoms with Gasteiger partial charge in [0.05, 0.1) is 0 Å². The maximum Gasteiger partial charge on any atom is -0.00201 e. The summed E-state index contributed by atoms with van der Waals surface area (Å²) in [5.74, 6) is 0. The average Bonchev–Trinajstić information content (AvgIpc) is 3.32. The van der Waals surface area contributed by atoms with E-state index in [-0.39, 0.29) is 0 Å².